The van der Waals surface area contributed by atoms with Gasteiger partial charge in [-0.05, 0) is 0 Å². The SMILES string of the molecule is COC(OC)C(=O)OCC(O)CO. The Morgan fingerprint density at radius 3 is 2.31 bits per heavy atom. The molecule has 6 heteroatoms. The van der Waals surface area contributed by atoms with Gasteiger partial charge in [-0.3, -0.25) is 0 Å². The molecule has 0 aliphatic rings. The van der Waals surface area contributed by atoms with Crippen LogP contribution in [0.3, 0.4) is 0 Å². The number of aliphatic hydroxyl groups is 2. The Morgan fingerprint density at radius 1 is 1.38 bits per heavy atom. The number of methoxy groups -OCH3 is 2. The van der Waals surface area contributed by atoms with E-state index in [4.69, 9.17) is 10.2 Å². The molecule has 0 amide bonds. The second-order valence-corrected chi connectivity index (χ2v) is 2.27. The Balaban J connectivity index is 3.72. The Morgan fingerprint density at radius 2 is 1.92 bits per heavy atom. The van der Waals surface area contributed by atoms with Crippen molar-refractivity contribution in [3.8, 4) is 0 Å². The van der Waals surface area contributed by atoms with Gasteiger partial charge in [0.05, 0.1) is 6.61 Å². The highest BCUT2D eigenvalue weighted by Crippen LogP contribution is 1.95. The summed E-state index contributed by atoms with van der Waals surface area (Å²) in [5.41, 5.74) is 0. The minimum absolute atomic E-state index is 0.279. The van der Waals surface area contributed by atoms with Crippen LogP contribution in [0, 0.1) is 0 Å². The van der Waals surface area contributed by atoms with Crippen molar-refractivity contribution in [1.29, 1.82) is 0 Å². The van der Waals surface area contributed by atoms with Crippen LogP contribution in [0.1, 0.15) is 0 Å². The van der Waals surface area contributed by atoms with Crippen molar-refractivity contribution in [2.45, 2.75) is 12.4 Å². The van der Waals surface area contributed by atoms with Gasteiger partial charge in [0.2, 0.25) is 0 Å². The van der Waals surface area contributed by atoms with Crippen LogP contribution in [-0.4, -0.2) is 56.0 Å². The van der Waals surface area contributed by atoms with Gasteiger partial charge in [-0.2, -0.15) is 0 Å². The molecule has 2 N–H and O–H groups in total. The molecule has 13 heavy (non-hydrogen) atoms. The summed E-state index contributed by atoms with van der Waals surface area (Å²) in [4.78, 5) is 11.0. The van der Waals surface area contributed by atoms with E-state index in [1.54, 1.807) is 0 Å². The van der Waals surface area contributed by atoms with E-state index >= 15 is 0 Å². The largest absolute Gasteiger partial charge is 0.459 e. The van der Waals surface area contributed by atoms with Crippen molar-refractivity contribution >= 4 is 5.97 Å². The zero-order chi connectivity index (χ0) is 10.3. The summed E-state index contributed by atoms with van der Waals surface area (Å²) in [6.45, 7) is -0.740. The molecule has 1 atom stereocenters. The van der Waals surface area contributed by atoms with Crippen LogP contribution in [0.5, 0.6) is 0 Å². The van der Waals surface area contributed by atoms with E-state index in [9.17, 15) is 4.79 Å². The fourth-order valence-electron chi connectivity index (χ4n) is 0.588. The summed E-state index contributed by atoms with van der Waals surface area (Å²) in [5.74, 6) is -0.738. The van der Waals surface area contributed by atoms with Gasteiger partial charge in [0, 0.05) is 14.2 Å². The fraction of sp³-hybridized carbons (Fsp3) is 0.857. The van der Waals surface area contributed by atoms with Crippen LogP contribution in [-0.2, 0) is 19.0 Å². The number of ether oxygens (including phenoxy) is 3. The van der Waals surface area contributed by atoms with Gasteiger partial charge in [-0.1, -0.05) is 0 Å². The third-order valence-corrected chi connectivity index (χ3v) is 1.25. The molecule has 0 spiro atoms. The molecule has 0 saturated carbocycles. The number of aliphatic hydroxyl groups excluding tert-OH is 2. The maximum absolute atomic E-state index is 11.0. The smallest absolute Gasteiger partial charge is 0.363 e. The lowest BCUT2D eigenvalue weighted by Gasteiger charge is -2.13. The van der Waals surface area contributed by atoms with Crippen LogP contribution in [0.15, 0.2) is 0 Å². The summed E-state index contributed by atoms with van der Waals surface area (Å²) in [5, 5.41) is 17.2. The highest BCUT2D eigenvalue weighted by atomic mass is 16.7. The summed E-state index contributed by atoms with van der Waals surface area (Å²) in [6.07, 6.45) is -2.16. The Labute approximate surface area is 76.0 Å². The third-order valence-electron chi connectivity index (χ3n) is 1.25. The average molecular weight is 194 g/mol. The summed E-state index contributed by atoms with van der Waals surface area (Å²) >= 11 is 0. The second-order valence-electron chi connectivity index (χ2n) is 2.27. The molecule has 1 unspecified atom stereocenters. The van der Waals surface area contributed by atoms with Gasteiger partial charge in [0.15, 0.2) is 0 Å². The van der Waals surface area contributed by atoms with E-state index in [1.807, 2.05) is 0 Å². The topological polar surface area (TPSA) is 85.2 Å². The van der Waals surface area contributed by atoms with Crippen LogP contribution in [0.2, 0.25) is 0 Å². The molecule has 0 fully saturated rings. The van der Waals surface area contributed by atoms with Crippen LogP contribution < -0.4 is 0 Å². The quantitative estimate of drug-likeness (QED) is 0.395. The molecular formula is C7H14O6. The first kappa shape index (κ1) is 12.3. The Kier molecular flexibility index (Phi) is 6.43. The molecular weight excluding hydrogens is 180 g/mol. The summed E-state index contributed by atoms with van der Waals surface area (Å²) in [6, 6.07) is 0. The average Bonchev–Trinajstić information content (AvgIpc) is 2.16. The van der Waals surface area contributed by atoms with Gasteiger partial charge in [-0.15, -0.1) is 0 Å². The number of carbonyl (C=O) groups is 1. The molecule has 0 rings (SSSR count). The van der Waals surface area contributed by atoms with E-state index in [2.05, 4.69) is 14.2 Å². The van der Waals surface area contributed by atoms with Crippen LogP contribution >= 0.6 is 0 Å². The molecule has 0 bridgehead atoms. The van der Waals surface area contributed by atoms with Gasteiger partial charge < -0.3 is 24.4 Å². The molecule has 0 aromatic rings. The maximum Gasteiger partial charge on any atom is 0.363 e. The lowest BCUT2D eigenvalue weighted by molar-refractivity contribution is -0.186. The first-order valence-corrected chi connectivity index (χ1v) is 3.66. The first-order chi connectivity index (χ1) is 6.15. The molecule has 0 aromatic heterocycles. The number of carbonyl (C=O) groups excluding carboxylic acids is 1. The van der Waals surface area contributed by atoms with Crippen LogP contribution in [0.25, 0.3) is 0 Å². The Hall–Kier alpha value is -0.690. The zero-order valence-electron chi connectivity index (χ0n) is 7.60. The molecule has 0 aliphatic heterocycles. The third kappa shape index (κ3) is 4.79. The molecule has 0 aromatic carbocycles. The van der Waals surface area contributed by atoms with Gasteiger partial charge in [0.1, 0.15) is 12.7 Å². The highest BCUT2D eigenvalue weighted by molar-refractivity contribution is 5.73. The van der Waals surface area contributed by atoms with Gasteiger partial charge in [-0.25, -0.2) is 4.79 Å². The molecule has 78 valence electrons. The van der Waals surface area contributed by atoms with E-state index < -0.39 is 25.0 Å². The predicted octanol–water partition coefficient (Wildman–Crippen LogP) is -1.50. The van der Waals surface area contributed by atoms with Gasteiger partial charge in [0.25, 0.3) is 6.29 Å². The molecule has 0 heterocycles. The number of rotatable bonds is 6. The van der Waals surface area contributed by atoms with Crippen molar-refractivity contribution in [3.63, 3.8) is 0 Å². The first-order valence-electron chi connectivity index (χ1n) is 3.66. The summed E-state index contributed by atoms with van der Waals surface area (Å²) < 4.78 is 13.7. The molecule has 0 aliphatic carbocycles. The van der Waals surface area contributed by atoms with Crippen molar-refractivity contribution in [3.05, 3.63) is 0 Å². The van der Waals surface area contributed by atoms with Crippen molar-refractivity contribution in [2.24, 2.45) is 0 Å². The minimum Gasteiger partial charge on any atom is -0.459 e. The monoisotopic (exact) mass is 194 g/mol. The Bertz CT molecular complexity index is 144. The predicted molar refractivity (Wildman–Crippen MR) is 41.9 cm³/mol. The van der Waals surface area contributed by atoms with Crippen LogP contribution in [0.4, 0.5) is 0 Å². The molecule has 0 saturated heterocycles. The normalized spacial score (nSPS) is 13.0. The van der Waals surface area contributed by atoms with Crippen molar-refractivity contribution in [1.82, 2.24) is 0 Å². The number of hydrogen-bond donors (Lipinski definition) is 2. The molecule has 6 nitrogen and oxygen atoms in total. The second kappa shape index (κ2) is 6.79. The maximum atomic E-state index is 11.0. The fourth-order valence-corrected chi connectivity index (χ4v) is 0.588. The summed E-state index contributed by atoms with van der Waals surface area (Å²) in [7, 11) is 2.58. The standard InChI is InChI=1S/C7H14O6/c1-11-7(12-2)6(10)13-4-5(9)3-8/h5,7-9H,3-4H2,1-2H3. The van der Waals surface area contributed by atoms with E-state index in [-0.39, 0.29) is 6.61 Å². The zero-order valence-corrected chi connectivity index (χ0v) is 7.60. The highest BCUT2D eigenvalue weighted by Gasteiger charge is 2.19. The lowest BCUT2D eigenvalue weighted by atomic mass is 10.4. The molecule has 0 radical (unpaired) electrons. The van der Waals surface area contributed by atoms with E-state index in [0.717, 1.165) is 0 Å². The number of esters is 1. The lowest BCUT2D eigenvalue weighted by Crippen LogP contribution is -2.30. The van der Waals surface area contributed by atoms with Crippen molar-refractivity contribution < 1.29 is 29.2 Å². The number of hydrogen-bond acceptors (Lipinski definition) is 6. The van der Waals surface area contributed by atoms with Crippen molar-refractivity contribution in [2.75, 3.05) is 27.4 Å². The van der Waals surface area contributed by atoms with E-state index in [1.165, 1.54) is 14.2 Å². The minimum atomic E-state index is -1.09. The van der Waals surface area contributed by atoms with E-state index in [0.29, 0.717) is 0 Å². The van der Waals surface area contributed by atoms with Gasteiger partial charge >= 0.3 is 5.97 Å².